The van der Waals surface area contributed by atoms with Crippen LogP contribution in [0.15, 0.2) is 0 Å². The molecule has 1 aliphatic rings. The number of nitrogens with zero attached hydrogens (tertiary/aromatic N) is 1. The molecule has 0 amide bonds. The molecule has 0 aliphatic carbocycles. The molecular weight excluding hydrogens is 162 g/mol. The number of likely N-dealkylation sites (tertiary alicyclic amines) is 1. The highest BCUT2D eigenvalue weighted by Gasteiger charge is 2.11. The topological polar surface area (TPSA) is 23.5 Å². The van der Waals surface area contributed by atoms with Crippen LogP contribution in [0.3, 0.4) is 0 Å². The lowest BCUT2D eigenvalue weighted by molar-refractivity contribution is 0.104. The van der Waals surface area contributed by atoms with Crippen molar-refractivity contribution in [3.8, 4) is 0 Å². The summed E-state index contributed by atoms with van der Waals surface area (Å²) < 4.78 is 0. The van der Waals surface area contributed by atoms with Gasteiger partial charge in [-0.25, -0.2) is 0 Å². The summed E-state index contributed by atoms with van der Waals surface area (Å²) in [5, 5.41) is 9.53. The molecule has 1 heterocycles. The monoisotopic (exact) mass is 185 g/mol. The van der Waals surface area contributed by atoms with Crippen LogP contribution in [-0.2, 0) is 0 Å². The molecule has 1 saturated heterocycles. The van der Waals surface area contributed by atoms with Gasteiger partial charge in [-0.1, -0.05) is 26.2 Å². The molecule has 1 fully saturated rings. The minimum atomic E-state index is -0.112. The van der Waals surface area contributed by atoms with E-state index in [0.717, 1.165) is 13.0 Å². The fourth-order valence-electron chi connectivity index (χ4n) is 1.92. The van der Waals surface area contributed by atoms with Gasteiger partial charge >= 0.3 is 0 Å². The highest BCUT2D eigenvalue weighted by molar-refractivity contribution is 4.66. The molecule has 0 bridgehead atoms. The first-order valence-corrected chi connectivity index (χ1v) is 5.73. The maximum atomic E-state index is 9.53. The van der Waals surface area contributed by atoms with Gasteiger partial charge in [0.15, 0.2) is 0 Å². The van der Waals surface area contributed by atoms with Crippen molar-refractivity contribution >= 4 is 0 Å². The number of β-amino-alcohol motifs (C(OH)–C–C–N with tert-alkyl or cyclic N) is 1. The van der Waals surface area contributed by atoms with Crippen LogP contribution in [-0.4, -0.2) is 35.7 Å². The molecule has 1 unspecified atom stereocenters. The Morgan fingerprint density at radius 1 is 1.08 bits per heavy atom. The van der Waals surface area contributed by atoms with Crippen molar-refractivity contribution in [2.24, 2.45) is 0 Å². The zero-order valence-electron chi connectivity index (χ0n) is 8.84. The lowest BCUT2D eigenvalue weighted by Gasteiger charge is -2.26. The van der Waals surface area contributed by atoms with Crippen molar-refractivity contribution < 1.29 is 5.11 Å². The fourth-order valence-corrected chi connectivity index (χ4v) is 1.92. The van der Waals surface area contributed by atoms with Gasteiger partial charge in [-0.3, -0.25) is 0 Å². The Morgan fingerprint density at radius 2 is 1.62 bits per heavy atom. The van der Waals surface area contributed by atoms with Crippen LogP contribution >= 0.6 is 0 Å². The first kappa shape index (κ1) is 11.0. The van der Waals surface area contributed by atoms with Gasteiger partial charge in [-0.15, -0.1) is 0 Å². The predicted octanol–water partition coefficient (Wildman–Crippen LogP) is 2.02. The summed E-state index contributed by atoms with van der Waals surface area (Å²) in [5.41, 5.74) is 0. The van der Waals surface area contributed by atoms with Gasteiger partial charge in [-0.2, -0.15) is 0 Å². The summed E-state index contributed by atoms with van der Waals surface area (Å²) in [6.45, 7) is 5.32. The average Bonchev–Trinajstić information content (AvgIpc) is 2.09. The third-order valence-electron chi connectivity index (χ3n) is 2.89. The van der Waals surface area contributed by atoms with Crippen LogP contribution in [0.2, 0.25) is 0 Å². The first-order chi connectivity index (χ1) is 6.33. The molecule has 0 aromatic rings. The van der Waals surface area contributed by atoms with Gasteiger partial charge in [-0.05, 0) is 32.4 Å². The molecule has 0 radical (unpaired) electrons. The largest absolute Gasteiger partial charge is 0.392 e. The van der Waals surface area contributed by atoms with E-state index < -0.39 is 0 Å². The van der Waals surface area contributed by atoms with Gasteiger partial charge < -0.3 is 10.0 Å². The third kappa shape index (κ3) is 4.63. The SMILES string of the molecule is CCC(O)CN1CCCCCCC1. The van der Waals surface area contributed by atoms with Gasteiger partial charge in [0.2, 0.25) is 0 Å². The van der Waals surface area contributed by atoms with Crippen LogP contribution in [0.25, 0.3) is 0 Å². The van der Waals surface area contributed by atoms with Crippen LogP contribution in [0.4, 0.5) is 0 Å². The molecule has 1 aliphatic heterocycles. The van der Waals surface area contributed by atoms with E-state index >= 15 is 0 Å². The number of aliphatic hydroxyl groups excluding tert-OH is 1. The van der Waals surface area contributed by atoms with E-state index in [1.807, 2.05) is 0 Å². The normalized spacial score (nSPS) is 23.5. The van der Waals surface area contributed by atoms with Gasteiger partial charge in [0.25, 0.3) is 0 Å². The highest BCUT2D eigenvalue weighted by atomic mass is 16.3. The number of rotatable bonds is 3. The van der Waals surface area contributed by atoms with E-state index in [1.165, 1.54) is 45.2 Å². The summed E-state index contributed by atoms with van der Waals surface area (Å²) in [5.74, 6) is 0. The number of hydrogen-bond acceptors (Lipinski definition) is 2. The Morgan fingerprint density at radius 3 is 2.15 bits per heavy atom. The van der Waals surface area contributed by atoms with E-state index in [0.29, 0.717) is 0 Å². The molecule has 0 spiro atoms. The lowest BCUT2D eigenvalue weighted by Crippen LogP contribution is -2.34. The Labute approximate surface area is 81.9 Å². The van der Waals surface area contributed by atoms with Crippen molar-refractivity contribution in [2.75, 3.05) is 19.6 Å². The second kappa shape index (κ2) is 6.39. The molecule has 1 rings (SSSR count). The molecule has 1 atom stereocenters. The van der Waals surface area contributed by atoms with Crippen LogP contribution in [0.1, 0.15) is 45.4 Å². The minimum absolute atomic E-state index is 0.112. The molecule has 0 aromatic carbocycles. The standard InChI is InChI=1S/C11H23NO/c1-2-11(13)10-12-8-6-4-3-5-7-9-12/h11,13H,2-10H2,1H3. The predicted molar refractivity (Wildman–Crippen MR) is 55.8 cm³/mol. The molecule has 1 N–H and O–H groups in total. The Kier molecular flexibility index (Phi) is 5.40. The maximum Gasteiger partial charge on any atom is 0.0664 e. The second-order valence-electron chi connectivity index (χ2n) is 4.13. The zero-order chi connectivity index (χ0) is 9.52. The van der Waals surface area contributed by atoms with E-state index in [2.05, 4.69) is 11.8 Å². The number of hydrogen-bond donors (Lipinski definition) is 1. The van der Waals surface area contributed by atoms with Gasteiger partial charge in [0, 0.05) is 6.54 Å². The summed E-state index contributed by atoms with van der Waals surface area (Å²) in [4.78, 5) is 2.42. The number of aliphatic hydroxyl groups is 1. The Hall–Kier alpha value is -0.0800. The van der Waals surface area contributed by atoms with E-state index in [9.17, 15) is 5.11 Å². The fraction of sp³-hybridized carbons (Fsp3) is 1.00. The molecule has 2 heteroatoms. The Balaban J connectivity index is 2.21. The maximum absolute atomic E-state index is 9.53. The minimum Gasteiger partial charge on any atom is -0.392 e. The molecule has 0 saturated carbocycles. The molecular formula is C11H23NO. The van der Waals surface area contributed by atoms with Crippen molar-refractivity contribution in [3.05, 3.63) is 0 Å². The van der Waals surface area contributed by atoms with Crippen molar-refractivity contribution in [2.45, 2.75) is 51.6 Å². The van der Waals surface area contributed by atoms with Gasteiger partial charge in [0.1, 0.15) is 0 Å². The lowest BCUT2D eigenvalue weighted by atomic mass is 10.1. The smallest absolute Gasteiger partial charge is 0.0664 e. The quantitative estimate of drug-likeness (QED) is 0.727. The first-order valence-electron chi connectivity index (χ1n) is 5.73. The van der Waals surface area contributed by atoms with Crippen molar-refractivity contribution in [1.29, 1.82) is 0 Å². The summed E-state index contributed by atoms with van der Waals surface area (Å²) in [6, 6.07) is 0. The third-order valence-corrected chi connectivity index (χ3v) is 2.89. The molecule has 2 nitrogen and oxygen atoms in total. The average molecular weight is 185 g/mol. The highest BCUT2D eigenvalue weighted by Crippen LogP contribution is 2.10. The van der Waals surface area contributed by atoms with Crippen molar-refractivity contribution in [3.63, 3.8) is 0 Å². The van der Waals surface area contributed by atoms with Crippen molar-refractivity contribution in [1.82, 2.24) is 4.90 Å². The summed E-state index contributed by atoms with van der Waals surface area (Å²) >= 11 is 0. The summed E-state index contributed by atoms with van der Waals surface area (Å²) in [6.07, 6.45) is 7.56. The summed E-state index contributed by atoms with van der Waals surface area (Å²) in [7, 11) is 0. The van der Waals surface area contributed by atoms with Gasteiger partial charge in [0.05, 0.1) is 6.10 Å². The molecule has 13 heavy (non-hydrogen) atoms. The van der Waals surface area contributed by atoms with Crippen LogP contribution in [0, 0.1) is 0 Å². The van der Waals surface area contributed by atoms with E-state index in [4.69, 9.17) is 0 Å². The van der Waals surface area contributed by atoms with E-state index in [1.54, 1.807) is 0 Å². The van der Waals surface area contributed by atoms with E-state index in [-0.39, 0.29) is 6.10 Å². The second-order valence-corrected chi connectivity index (χ2v) is 4.13. The Bertz CT molecular complexity index is 119. The van der Waals surface area contributed by atoms with Crippen LogP contribution in [0.5, 0.6) is 0 Å². The van der Waals surface area contributed by atoms with Crippen LogP contribution < -0.4 is 0 Å². The molecule has 78 valence electrons. The molecule has 0 aromatic heterocycles. The zero-order valence-corrected chi connectivity index (χ0v) is 8.84.